The molecule has 0 heterocycles. The number of rotatable bonds is 2. The summed E-state index contributed by atoms with van der Waals surface area (Å²) < 4.78 is 12.9. The standard InChI is InChI=1S/C10H6Cl2FN3O2/c11-6-3-5(13)4-7(12)8(6)16-10(18)9(17)15-2-1-14/h3-4H,2H2,(H,15,17)(H,16,18). The number of nitrogens with zero attached hydrogens (tertiary/aromatic N) is 1. The maximum Gasteiger partial charge on any atom is 0.313 e. The third kappa shape index (κ3) is 3.58. The van der Waals surface area contributed by atoms with Crippen LogP contribution in [0.2, 0.25) is 10.0 Å². The predicted octanol–water partition coefficient (Wildman–Crippen LogP) is 1.71. The van der Waals surface area contributed by atoms with Crippen molar-refractivity contribution in [2.24, 2.45) is 0 Å². The van der Waals surface area contributed by atoms with Gasteiger partial charge >= 0.3 is 11.8 Å². The largest absolute Gasteiger partial charge is 0.335 e. The molecule has 18 heavy (non-hydrogen) atoms. The lowest BCUT2D eigenvalue weighted by molar-refractivity contribution is -0.136. The number of hydrogen-bond donors (Lipinski definition) is 2. The summed E-state index contributed by atoms with van der Waals surface area (Å²) in [7, 11) is 0. The topological polar surface area (TPSA) is 82.0 Å². The summed E-state index contributed by atoms with van der Waals surface area (Å²) in [4.78, 5) is 22.5. The van der Waals surface area contributed by atoms with Crippen LogP contribution in [0.25, 0.3) is 0 Å². The van der Waals surface area contributed by atoms with Crippen LogP contribution in [0.3, 0.4) is 0 Å². The maximum absolute atomic E-state index is 12.9. The molecule has 94 valence electrons. The summed E-state index contributed by atoms with van der Waals surface area (Å²) in [5.74, 6) is -2.74. The van der Waals surface area contributed by atoms with Crippen molar-refractivity contribution in [2.45, 2.75) is 0 Å². The molecule has 0 aromatic heterocycles. The summed E-state index contributed by atoms with van der Waals surface area (Å²) in [6.45, 7) is -0.308. The third-order valence-electron chi connectivity index (χ3n) is 1.78. The number of amides is 2. The van der Waals surface area contributed by atoms with Crippen LogP contribution in [0.4, 0.5) is 10.1 Å². The van der Waals surface area contributed by atoms with Gasteiger partial charge in [0.25, 0.3) is 0 Å². The van der Waals surface area contributed by atoms with Crippen molar-refractivity contribution >= 4 is 40.7 Å². The summed E-state index contributed by atoms with van der Waals surface area (Å²) in [6, 6.07) is 3.52. The van der Waals surface area contributed by atoms with Crippen LogP contribution in [0.15, 0.2) is 12.1 Å². The highest BCUT2D eigenvalue weighted by Gasteiger charge is 2.17. The maximum atomic E-state index is 12.9. The van der Waals surface area contributed by atoms with Crippen LogP contribution < -0.4 is 10.6 Å². The first-order valence-electron chi connectivity index (χ1n) is 4.56. The van der Waals surface area contributed by atoms with E-state index in [0.717, 1.165) is 12.1 Å². The molecule has 0 spiro atoms. The third-order valence-corrected chi connectivity index (χ3v) is 2.38. The Morgan fingerprint density at radius 3 is 2.33 bits per heavy atom. The molecule has 1 aromatic carbocycles. The normalized spacial score (nSPS) is 9.44. The van der Waals surface area contributed by atoms with Crippen molar-refractivity contribution in [3.05, 3.63) is 28.0 Å². The Morgan fingerprint density at radius 2 is 1.83 bits per heavy atom. The van der Waals surface area contributed by atoms with Crippen molar-refractivity contribution in [1.82, 2.24) is 5.32 Å². The molecule has 1 aromatic rings. The predicted molar refractivity (Wildman–Crippen MR) is 63.7 cm³/mol. The Bertz CT molecular complexity index is 519. The SMILES string of the molecule is N#CCNC(=O)C(=O)Nc1c(Cl)cc(F)cc1Cl. The molecule has 0 fully saturated rings. The summed E-state index contributed by atoms with van der Waals surface area (Å²) in [6.07, 6.45) is 0. The second kappa shape index (κ2) is 6.19. The van der Waals surface area contributed by atoms with Gasteiger partial charge in [0, 0.05) is 0 Å². The van der Waals surface area contributed by atoms with Gasteiger partial charge in [0.15, 0.2) is 0 Å². The fraction of sp³-hybridized carbons (Fsp3) is 0.100. The molecular weight excluding hydrogens is 284 g/mol. The number of hydrogen-bond acceptors (Lipinski definition) is 3. The van der Waals surface area contributed by atoms with Crippen LogP contribution >= 0.6 is 23.2 Å². The zero-order valence-electron chi connectivity index (χ0n) is 8.76. The molecule has 8 heteroatoms. The molecule has 2 amide bonds. The highest BCUT2D eigenvalue weighted by molar-refractivity contribution is 6.44. The first-order chi connectivity index (χ1) is 8.45. The summed E-state index contributed by atoms with van der Waals surface area (Å²) in [5, 5.41) is 12.1. The van der Waals surface area contributed by atoms with Crippen LogP contribution in [-0.2, 0) is 9.59 Å². The van der Waals surface area contributed by atoms with Crippen molar-refractivity contribution in [2.75, 3.05) is 11.9 Å². The Hall–Kier alpha value is -1.84. The van der Waals surface area contributed by atoms with Crippen molar-refractivity contribution < 1.29 is 14.0 Å². The molecule has 0 aliphatic heterocycles. The average Bonchev–Trinajstić information content (AvgIpc) is 2.30. The number of nitrogens with one attached hydrogen (secondary N) is 2. The van der Waals surface area contributed by atoms with E-state index in [4.69, 9.17) is 28.5 Å². The van der Waals surface area contributed by atoms with Gasteiger partial charge in [0.05, 0.1) is 21.8 Å². The van der Waals surface area contributed by atoms with Crippen LogP contribution in [0, 0.1) is 17.1 Å². The number of halogens is 3. The molecule has 0 saturated carbocycles. The fourth-order valence-corrected chi connectivity index (χ4v) is 1.59. The average molecular weight is 290 g/mol. The number of carbonyl (C=O) groups excluding carboxylic acids is 2. The number of benzene rings is 1. The lowest BCUT2D eigenvalue weighted by atomic mass is 10.3. The molecule has 0 atom stereocenters. The van der Waals surface area contributed by atoms with Crippen LogP contribution in [0.1, 0.15) is 0 Å². The van der Waals surface area contributed by atoms with Gasteiger partial charge in [-0.3, -0.25) is 9.59 Å². The van der Waals surface area contributed by atoms with Crippen LogP contribution in [0.5, 0.6) is 0 Å². The molecule has 0 aliphatic rings. The van der Waals surface area contributed by atoms with E-state index >= 15 is 0 Å². The van der Waals surface area contributed by atoms with Crippen LogP contribution in [-0.4, -0.2) is 18.4 Å². The first-order valence-corrected chi connectivity index (χ1v) is 5.32. The Labute approximate surface area is 111 Å². The van der Waals surface area contributed by atoms with E-state index in [1.165, 1.54) is 0 Å². The van der Waals surface area contributed by atoms with Crippen molar-refractivity contribution in [1.29, 1.82) is 5.26 Å². The van der Waals surface area contributed by atoms with Crippen molar-refractivity contribution in [3.8, 4) is 6.07 Å². The highest BCUT2D eigenvalue weighted by atomic mass is 35.5. The molecule has 0 unspecified atom stereocenters. The molecule has 1 rings (SSSR count). The molecule has 2 N–H and O–H groups in total. The van der Waals surface area contributed by atoms with E-state index in [0.29, 0.717) is 0 Å². The van der Waals surface area contributed by atoms with E-state index in [-0.39, 0.29) is 22.3 Å². The van der Waals surface area contributed by atoms with Gasteiger partial charge in [-0.15, -0.1) is 0 Å². The number of anilines is 1. The molecule has 0 saturated heterocycles. The molecule has 5 nitrogen and oxygen atoms in total. The number of nitriles is 1. The van der Waals surface area contributed by atoms with Gasteiger partial charge in [-0.05, 0) is 12.1 Å². The molecular formula is C10H6Cl2FN3O2. The number of carbonyl (C=O) groups is 2. The fourth-order valence-electron chi connectivity index (χ4n) is 1.03. The molecule has 0 bridgehead atoms. The second-order valence-electron chi connectivity index (χ2n) is 3.04. The minimum absolute atomic E-state index is 0.0724. The second-order valence-corrected chi connectivity index (χ2v) is 3.85. The Morgan fingerprint density at radius 1 is 1.28 bits per heavy atom. The molecule has 0 aliphatic carbocycles. The van der Waals surface area contributed by atoms with E-state index < -0.39 is 17.6 Å². The first kappa shape index (κ1) is 14.2. The van der Waals surface area contributed by atoms with Gasteiger partial charge in [-0.25, -0.2) is 4.39 Å². The van der Waals surface area contributed by atoms with E-state index in [9.17, 15) is 14.0 Å². The van der Waals surface area contributed by atoms with E-state index in [2.05, 4.69) is 5.32 Å². The lowest BCUT2D eigenvalue weighted by Gasteiger charge is -2.08. The van der Waals surface area contributed by atoms with E-state index in [1.54, 1.807) is 6.07 Å². The lowest BCUT2D eigenvalue weighted by Crippen LogP contribution is -2.35. The highest BCUT2D eigenvalue weighted by Crippen LogP contribution is 2.31. The monoisotopic (exact) mass is 289 g/mol. The van der Waals surface area contributed by atoms with Gasteiger partial charge in [0.1, 0.15) is 12.4 Å². The summed E-state index contributed by atoms with van der Waals surface area (Å²) >= 11 is 11.3. The smallest absolute Gasteiger partial charge is 0.313 e. The van der Waals surface area contributed by atoms with Gasteiger partial charge in [0.2, 0.25) is 0 Å². The Kier molecular flexibility index (Phi) is 4.89. The van der Waals surface area contributed by atoms with Gasteiger partial charge in [-0.2, -0.15) is 5.26 Å². The summed E-state index contributed by atoms with van der Waals surface area (Å²) in [5.41, 5.74) is -0.0724. The van der Waals surface area contributed by atoms with Gasteiger partial charge in [-0.1, -0.05) is 23.2 Å². The van der Waals surface area contributed by atoms with Gasteiger partial charge < -0.3 is 10.6 Å². The van der Waals surface area contributed by atoms with Crippen molar-refractivity contribution in [3.63, 3.8) is 0 Å². The van der Waals surface area contributed by atoms with E-state index in [1.807, 2.05) is 5.32 Å². The minimum Gasteiger partial charge on any atom is -0.335 e. The zero-order chi connectivity index (χ0) is 13.7. The zero-order valence-corrected chi connectivity index (χ0v) is 10.3. The molecule has 0 radical (unpaired) electrons. The quantitative estimate of drug-likeness (QED) is 0.642. The minimum atomic E-state index is -1.05. The Balaban J connectivity index is 2.83.